The summed E-state index contributed by atoms with van der Waals surface area (Å²) in [6, 6.07) is 0.478. The molecule has 0 aromatic heterocycles. The molecule has 3 unspecified atom stereocenters. The summed E-state index contributed by atoms with van der Waals surface area (Å²) < 4.78 is 0. The van der Waals surface area contributed by atoms with Gasteiger partial charge in [0, 0.05) is 6.04 Å². The van der Waals surface area contributed by atoms with E-state index in [1.54, 1.807) is 0 Å². The molecule has 1 aliphatic carbocycles. The molecule has 0 spiro atoms. The van der Waals surface area contributed by atoms with Gasteiger partial charge in [-0.3, -0.25) is 9.69 Å². The number of carbonyl (C=O) groups is 1. The predicted octanol–water partition coefficient (Wildman–Crippen LogP) is 3.92. The van der Waals surface area contributed by atoms with Gasteiger partial charge < -0.3 is 5.11 Å². The Labute approximate surface area is 123 Å². The van der Waals surface area contributed by atoms with Crippen molar-refractivity contribution in [3.63, 3.8) is 0 Å². The first-order valence-electron chi connectivity index (χ1n) is 8.25. The summed E-state index contributed by atoms with van der Waals surface area (Å²) in [6.45, 7) is 9.92. The molecule has 1 saturated carbocycles. The van der Waals surface area contributed by atoms with Gasteiger partial charge in [0.1, 0.15) is 5.54 Å². The SMILES string of the molecule is CC(C)(C)C1CCCC(N2CCCC2(C)C(=O)O)CC1. The summed E-state index contributed by atoms with van der Waals surface area (Å²) in [5.74, 6) is 0.151. The van der Waals surface area contributed by atoms with Gasteiger partial charge in [-0.15, -0.1) is 0 Å². The van der Waals surface area contributed by atoms with E-state index in [-0.39, 0.29) is 0 Å². The zero-order valence-electron chi connectivity index (χ0n) is 13.6. The first-order valence-corrected chi connectivity index (χ1v) is 8.25. The standard InChI is InChI=1S/C17H31NO2/c1-16(2,3)13-7-5-8-14(10-9-13)18-12-6-11-17(18,4)15(19)20/h13-14H,5-12H2,1-4H3,(H,19,20). The fraction of sp³-hybridized carbons (Fsp3) is 0.941. The average Bonchev–Trinajstić information content (AvgIpc) is 2.60. The maximum absolute atomic E-state index is 11.6. The molecule has 0 aromatic carbocycles. The monoisotopic (exact) mass is 281 g/mol. The first-order chi connectivity index (χ1) is 9.25. The number of nitrogens with zero attached hydrogens (tertiary/aromatic N) is 1. The Bertz CT molecular complexity index is 360. The lowest BCUT2D eigenvalue weighted by Gasteiger charge is -2.38. The van der Waals surface area contributed by atoms with Gasteiger partial charge in [-0.1, -0.05) is 27.2 Å². The third kappa shape index (κ3) is 3.03. The number of carboxylic acid groups (broad SMARTS) is 1. The predicted molar refractivity (Wildman–Crippen MR) is 81.8 cm³/mol. The molecule has 3 atom stereocenters. The third-order valence-electron chi connectivity index (χ3n) is 5.76. The van der Waals surface area contributed by atoms with Crippen LogP contribution in [0.15, 0.2) is 0 Å². The van der Waals surface area contributed by atoms with Gasteiger partial charge in [0.15, 0.2) is 0 Å². The van der Waals surface area contributed by atoms with Gasteiger partial charge in [0.2, 0.25) is 0 Å². The van der Waals surface area contributed by atoms with Crippen molar-refractivity contribution in [3.05, 3.63) is 0 Å². The lowest BCUT2D eigenvalue weighted by molar-refractivity contribution is -0.150. The molecular weight excluding hydrogens is 250 g/mol. The average molecular weight is 281 g/mol. The van der Waals surface area contributed by atoms with Gasteiger partial charge in [0.25, 0.3) is 0 Å². The second-order valence-electron chi connectivity index (χ2n) is 8.10. The summed E-state index contributed by atoms with van der Waals surface area (Å²) in [6.07, 6.45) is 7.99. The lowest BCUT2D eigenvalue weighted by atomic mass is 9.76. The van der Waals surface area contributed by atoms with Crippen LogP contribution in [0, 0.1) is 11.3 Å². The smallest absolute Gasteiger partial charge is 0.323 e. The van der Waals surface area contributed by atoms with Crippen molar-refractivity contribution in [3.8, 4) is 0 Å². The van der Waals surface area contributed by atoms with Gasteiger partial charge >= 0.3 is 5.97 Å². The van der Waals surface area contributed by atoms with E-state index in [0.717, 1.165) is 25.3 Å². The quantitative estimate of drug-likeness (QED) is 0.780. The molecule has 20 heavy (non-hydrogen) atoms. The summed E-state index contributed by atoms with van der Waals surface area (Å²) in [7, 11) is 0. The molecular formula is C17H31NO2. The van der Waals surface area contributed by atoms with Gasteiger partial charge in [-0.25, -0.2) is 0 Å². The summed E-state index contributed by atoms with van der Waals surface area (Å²) in [5, 5.41) is 9.58. The fourth-order valence-electron chi connectivity index (χ4n) is 4.26. The Kier molecular flexibility index (Phi) is 4.48. The first kappa shape index (κ1) is 15.8. The van der Waals surface area contributed by atoms with Crippen LogP contribution in [-0.4, -0.2) is 34.1 Å². The molecule has 2 aliphatic rings. The third-order valence-corrected chi connectivity index (χ3v) is 5.76. The van der Waals surface area contributed by atoms with Crippen molar-refractivity contribution in [2.45, 2.75) is 84.2 Å². The van der Waals surface area contributed by atoms with Crippen molar-refractivity contribution < 1.29 is 9.90 Å². The summed E-state index contributed by atoms with van der Waals surface area (Å²) >= 11 is 0. The molecule has 0 radical (unpaired) electrons. The maximum atomic E-state index is 11.6. The Balaban J connectivity index is 2.05. The fourth-order valence-corrected chi connectivity index (χ4v) is 4.26. The molecule has 1 saturated heterocycles. The zero-order valence-corrected chi connectivity index (χ0v) is 13.6. The van der Waals surface area contributed by atoms with E-state index in [0.29, 0.717) is 11.5 Å². The molecule has 2 rings (SSSR count). The van der Waals surface area contributed by atoms with Gasteiger partial charge in [-0.2, -0.15) is 0 Å². The van der Waals surface area contributed by atoms with Crippen molar-refractivity contribution >= 4 is 5.97 Å². The minimum Gasteiger partial charge on any atom is -0.480 e. The van der Waals surface area contributed by atoms with E-state index in [9.17, 15) is 9.90 Å². The molecule has 1 N–H and O–H groups in total. The van der Waals surface area contributed by atoms with Crippen molar-refractivity contribution in [2.24, 2.45) is 11.3 Å². The van der Waals surface area contributed by atoms with Crippen LogP contribution in [0.4, 0.5) is 0 Å². The number of carboxylic acids is 1. The number of rotatable bonds is 2. The van der Waals surface area contributed by atoms with Crippen LogP contribution in [-0.2, 0) is 4.79 Å². The molecule has 0 aromatic rings. The van der Waals surface area contributed by atoms with Crippen LogP contribution >= 0.6 is 0 Å². The number of hydrogen-bond acceptors (Lipinski definition) is 2. The molecule has 3 nitrogen and oxygen atoms in total. The normalized spacial score (nSPS) is 36.8. The molecule has 0 amide bonds. The van der Waals surface area contributed by atoms with Crippen molar-refractivity contribution in [1.82, 2.24) is 4.90 Å². The number of aliphatic carboxylic acids is 1. The van der Waals surface area contributed by atoms with Gasteiger partial charge in [-0.05, 0) is 63.3 Å². The number of likely N-dealkylation sites (tertiary alicyclic amines) is 1. The molecule has 2 fully saturated rings. The molecule has 1 heterocycles. The van der Waals surface area contributed by atoms with Crippen LogP contribution in [0.2, 0.25) is 0 Å². The Morgan fingerprint density at radius 2 is 1.85 bits per heavy atom. The maximum Gasteiger partial charge on any atom is 0.323 e. The highest BCUT2D eigenvalue weighted by Crippen LogP contribution is 2.41. The molecule has 1 aliphatic heterocycles. The molecule has 0 bridgehead atoms. The van der Waals surface area contributed by atoms with Crippen LogP contribution in [0.5, 0.6) is 0 Å². The van der Waals surface area contributed by atoms with Crippen LogP contribution in [0.1, 0.15) is 72.6 Å². The second-order valence-corrected chi connectivity index (χ2v) is 8.10. The molecule has 116 valence electrons. The van der Waals surface area contributed by atoms with Crippen LogP contribution in [0.25, 0.3) is 0 Å². The highest BCUT2D eigenvalue weighted by atomic mass is 16.4. The Morgan fingerprint density at radius 1 is 1.15 bits per heavy atom. The highest BCUT2D eigenvalue weighted by molar-refractivity contribution is 5.78. The van der Waals surface area contributed by atoms with Crippen molar-refractivity contribution in [2.75, 3.05) is 6.54 Å². The van der Waals surface area contributed by atoms with E-state index >= 15 is 0 Å². The van der Waals surface area contributed by atoms with E-state index in [4.69, 9.17) is 0 Å². The Hall–Kier alpha value is -0.570. The minimum absolute atomic E-state index is 0.385. The second kappa shape index (κ2) is 5.67. The van der Waals surface area contributed by atoms with Crippen LogP contribution in [0.3, 0.4) is 0 Å². The Morgan fingerprint density at radius 3 is 2.45 bits per heavy atom. The van der Waals surface area contributed by atoms with E-state index < -0.39 is 11.5 Å². The lowest BCUT2D eigenvalue weighted by Crippen LogP contribution is -2.52. The largest absolute Gasteiger partial charge is 0.480 e. The van der Waals surface area contributed by atoms with Crippen molar-refractivity contribution in [1.29, 1.82) is 0 Å². The zero-order chi connectivity index (χ0) is 15.0. The number of hydrogen-bond donors (Lipinski definition) is 1. The van der Waals surface area contributed by atoms with E-state index in [1.165, 1.54) is 32.1 Å². The van der Waals surface area contributed by atoms with Crippen LogP contribution < -0.4 is 0 Å². The topological polar surface area (TPSA) is 40.5 Å². The summed E-state index contributed by atoms with van der Waals surface area (Å²) in [4.78, 5) is 14.0. The molecule has 3 heteroatoms. The highest BCUT2D eigenvalue weighted by Gasteiger charge is 2.46. The minimum atomic E-state index is -0.633. The van der Waals surface area contributed by atoms with E-state index in [2.05, 4.69) is 25.7 Å². The van der Waals surface area contributed by atoms with E-state index in [1.807, 2.05) is 6.92 Å². The summed E-state index contributed by atoms with van der Waals surface area (Å²) in [5.41, 5.74) is -0.234. The van der Waals surface area contributed by atoms with Gasteiger partial charge in [0.05, 0.1) is 0 Å².